The predicted octanol–water partition coefficient (Wildman–Crippen LogP) is 2.16. The smallest absolute Gasteiger partial charge is 0.120 e. The lowest BCUT2D eigenvalue weighted by atomic mass is 10.0. The fourth-order valence-electron chi connectivity index (χ4n) is 1.54. The zero-order valence-corrected chi connectivity index (χ0v) is 8.62. The van der Waals surface area contributed by atoms with Crippen LogP contribution in [0.5, 0.6) is 11.5 Å². The molecular formula is C11H17NO2. The van der Waals surface area contributed by atoms with E-state index in [1.165, 1.54) is 12.1 Å². The molecule has 3 N–H and O–H groups in total. The Morgan fingerprint density at radius 1 is 1.29 bits per heavy atom. The summed E-state index contributed by atoms with van der Waals surface area (Å²) in [6, 6.07) is 4.71. The summed E-state index contributed by atoms with van der Waals surface area (Å²) in [5.74, 6) is 0.421. The molecule has 0 radical (unpaired) electrons. The van der Waals surface area contributed by atoms with Crippen LogP contribution in [0.3, 0.4) is 0 Å². The number of rotatable bonds is 4. The second-order valence-electron chi connectivity index (χ2n) is 3.26. The number of phenolic OH excluding ortho intramolecular Hbond substituents is 2. The highest BCUT2D eigenvalue weighted by Crippen LogP contribution is 2.29. The van der Waals surface area contributed by atoms with Crippen molar-refractivity contribution in [3.05, 3.63) is 23.8 Å². The maximum atomic E-state index is 9.61. The van der Waals surface area contributed by atoms with Gasteiger partial charge in [0, 0.05) is 11.6 Å². The summed E-state index contributed by atoms with van der Waals surface area (Å²) in [7, 11) is 0. The molecule has 1 aromatic rings. The molecule has 0 amide bonds. The quantitative estimate of drug-likeness (QED) is 0.645. The fraction of sp³-hybridized carbons (Fsp3) is 0.455. The van der Waals surface area contributed by atoms with Gasteiger partial charge in [-0.05, 0) is 31.2 Å². The van der Waals surface area contributed by atoms with Gasteiger partial charge in [0.15, 0.2) is 0 Å². The monoisotopic (exact) mass is 195 g/mol. The normalized spacial score (nSPS) is 12.7. The lowest BCUT2D eigenvalue weighted by Gasteiger charge is -2.17. The first-order valence-corrected chi connectivity index (χ1v) is 4.94. The Hall–Kier alpha value is -1.22. The lowest BCUT2D eigenvalue weighted by Crippen LogP contribution is -2.20. The zero-order chi connectivity index (χ0) is 10.6. The van der Waals surface area contributed by atoms with Crippen molar-refractivity contribution in [1.82, 2.24) is 5.32 Å². The Labute approximate surface area is 84.4 Å². The van der Waals surface area contributed by atoms with Crippen molar-refractivity contribution >= 4 is 0 Å². The van der Waals surface area contributed by atoms with Crippen molar-refractivity contribution in [2.75, 3.05) is 6.54 Å². The van der Waals surface area contributed by atoms with Crippen molar-refractivity contribution in [2.24, 2.45) is 0 Å². The van der Waals surface area contributed by atoms with Crippen LogP contribution < -0.4 is 5.32 Å². The number of aromatic hydroxyl groups is 2. The molecular weight excluding hydrogens is 178 g/mol. The van der Waals surface area contributed by atoms with Gasteiger partial charge in [0.2, 0.25) is 0 Å². The molecule has 78 valence electrons. The molecule has 0 fully saturated rings. The Kier molecular flexibility index (Phi) is 3.77. The van der Waals surface area contributed by atoms with Gasteiger partial charge in [-0.25, -0.2) is 0 Å². The van der Waals surface area contributed by atoms with E-state index in [1.807, 2.05) is 13.8 Å². The minimum Gasteiger partial charge on any atom is -0.508 e. The molecule has 0 bridgehead atoms. The summed E-state index contributed by atoms with van der Waals surface area (Å²) < 4.78 is 0. The van der Waals surface area contributed by atoms with E-state index >= 15 is 0 Å². The van der Waals surface area contributed by atoms with Crippen LogP contribution in [-0.2, 0) is 0 Å². The number of hydrogen-bond acceptors (Lipinski definition) is 3. The summed E-state index contributed by atoms with van der Waals surface area (Å²) in [5, 5.41) is 22.2. The van der Waals surface area contributed by atoms with Crippen LogP contribution in [0.25, 0.3) is 0 Å². The number of benzene rings is 1. The highest BCUT2D eigenvalue weighted by molar-refractivity contribution is 5.40. The molecule has 3 nitrogen and oxygen atoms in total. The minimum atomic E-state index is 0.104. The number of hydrogen-bond donors (Lipinski definition) is 3. The van der Waals surface area contributed by atoms with Gasteiger partial charge >= 0.3 is 0 Å². The average Bonchev–Trinajstić information content (AvgIpc) is 2.18. The third-order valence-corrected chi connectivity index (χ3v) is 2.25. The summed E-state index contributed by atoms with van der Waals surface area (Å²) in [6.45, 7) is 4.90. The van der Waals surface area contributed by atoms with Crippen molar-refractivity contribution in [3.63, 3.8) is 0 Å². The standard InChI is InChI=1S/C11H17NO2/c1-3-10(12-4-2)9-7-8(13)5-6-11(9)14/h5-7,10,12-14H,3-4H2,1-2H3. The van der Waals surface area contributed by atoms with Crippen molar-refractivity contribution in [3.8, 4) is 11.5 Å². The van der Waals surface area contributed by atoms with E-state index in [0.717, 1.165) is 18.5 Å². The van der Waals surface area contributed by atoms with Crippen molar-refractivity contribution in [2.45, 2.75) is 26.3 Å². The first kappa shape index (κ1) is 10.9. The van der Waals surface area contributed by atoms with Crippen molar-refractivity contribution < 1.29 is 10.2 Å². The van der Waals surface area contributed by atoms with Crippen molar-refractivity contribution in [1.29, 1.82) is 0 Å². The second-order valence-corrected chi connectivity index (χ2v) is 3.26. The van der Waals surface area contributed by atoms with Gasteiger partial charge in [-0.3, -0.25) is 0 Å². The van der Waals surface area contributed by atoms with Gasteiger partial charge in [-0.15, -0.1) is 0 Å². The minimum absolute atomic E-state index is 0.104. The average molecular weight is 195 g/mol. The van der Waals surface area contributed by atoms with Crippen LogP contribution in [0.4, 0.5) is 0 Å². The molecule has 0 aliphatic carbocycles. The van der Waals surface area contributed by atoms with E-state index in [9.17, 15) is 10.2 Å². The summed E-state index contributed by atoms with van der Waals surface area (Å²) in [5.41, 5.74) is 0.759. The van der Waals surface area contributed by atoms with E-state index in [2.05, 4.69) is 5.32 Å². The third-order valence-electron chi connectivity index (χ3n) is 2.25. The molecule has 0 heterocycles. The highest BCUT2D eigenvalue weighted by Gasteiger charge is 2.12. The van der Waals surface area contributed by atoms with E-state index in [-0.39, 0.29) is 17.5 Å². The molecule has 3 heteroatoms. The summed E-state index contributed by atoms with van der Waals surface area (Å²) in [4.78, 5) is 0. The summed E-state index contributed by atoms with van der Waals surface area (Å²) >= 11 is 0. The van der Waals surface area contributed by atoms with E-state index in [4.69, 9.17) is 0 Å². The summed E-state index contributed by atoms with van der Waals surface area (Å²) in [6.07, 6.45) is 0.880. The Bertz CT molecular complexity index is 299. The van der Waals surface area contributed by atoms with E-state index < -0.39 is 0 Å². The molecule has 0 aliphatic rings. The van der Waals surface area contributed by atoms with Crippen LogP contribution in [-0.4, -0.2) is 16.8 Å². The first-order valence-electron chi connectivity index (χ1n) is 4.94. The molecule has 14 heavy (non-hydrogen) atoms. The van der Waals surface area contributed by atoms with E-state index in [1.54, 1.807) is 6.07 Å². The van der Waals surface area contributed by atoms with Gasteiger partial charge in [0.25, 0.3) is 0 Å². The molecule has 1 aromatic carbocycles. The van der Waals surface area contributed by atoms with Gasteiger partial charge in [0.05, 0.1) is 0 Å². The van der Waals surface area contributed by atoms with Gasteiger partial charge in [0.1, 0.15) is 11.5 Å². The molecule has 1 rings (SSSR count). The van der Waals surface area contributed by atoms with Crippen LogP contribution in [0.15, 0.2) is 18.2 Å². The molecule has 0 aromatic heterocycles. The molecule has 0 spiro atoms. The molecule has 1 unspecified atom stereocenters. The second kappa shape index (κ2) is 4.86. The Balaban J connectivity index is 2.96. The van der Waals surface area contributed by atoms with E-state index in [0.29, 0.717) is 0 Å². The molecule has 0 aliphatic heterocycles. The maximum Gasteiger partial charge on any atom is 0.120 e. The van der Waals surface area contributed by atoms with Gasteiger partial charge < -0.3 is 15.5 Å². The lowest BCUT2D eigenvalue weighted by molar-refractivity contribution is 0.434. The fourth-order valence-corrected chi connectivity index (χ4v) is 1.54. The van der Waals surface area contributed by atoms with Gasteiger partial charge in [-0.2, -0.15) is 0 Å². The Morgan fingerprint density at radius 3 is 2.57 bits per heavy atom. The molecule has 0 saturated carbocycles. The predicted molar refractivity (Wildman–Crippen MR) is 56.5 cm³/mol. The number of phenols is 2. The van der Waals surface area contributed by atoms with Crippen LogP contribution in [0.2, 0.25) is 0 Å². The molecule has 0 saturated heterocycles. The van der Waals surface area contributed by atoms with Crippen LogP contribution >= 0.6 is 0 Å². The maximum absolute atomic E-state index is 9.61. The van der Waals surface area contributed by atoms with Gasteiger partial charge in [-0.1, -0.05) is 13.8 Å². The zero-order valence-electron chi connectivity index (χ0n) is 8.62. The first-order chi connectivity index (χ1) is 6.69. The third kappa shape index (κ3) is 2.39. The number of nitrogens with one attached hydrogen (secondary N) is 1. The SMILES string of the molecule is CCNC(CC)c1cc(O)ccc1O. The topological polar surface area (TPSA) is 52.5 Å². The largest absolute Gasteiger partial charge is 0.508 e. The molecule has 1 atom stereocenters. The highest BCUT2D eigenvalue weighted by atomic mass is 16.3. The Morgan fingerprint density at radius 2 is 2.00 bits per heavy atom. The van der Waals surface area contributed by atoms with Crippen LogP contribution in [0.1, 0.15) is 31.9 Å². The van der Waals surface area contributed by atoms with Crippen LogP contribution in [0, 0.1) is 0 Å².